The fourth-order valence-corrected chi connectivity index (χ4v) is 4.63. The van der Waals surface area contributed by atoms with E-state index in [1.54, 1.807) is 0 Å². The van der Waals surface area contributed by atoms with E-state index in [9.17, 15) is 9.59 Å². The molecule has 0 bridgehead atoms. The van der Waals surface area contributed by atoms with Crippen molar-refractivity contribution >= 4 is 35.1 Å². The molecule has 0 aromatic heterocycles. The van der Waals surface area contributed by atoms with Crippen molar-refractivity contribution < 1.29 is 9.59 Å². The Morgan fingerprint density at radius 2 is 1.00 bits per heavy atom. The monoisotopic (exact) mass is 344 g/mol. The fraction of sp³-hybridized carbons (Fsp3) is 0.263. The summed E-state index contributed by atoms with van der Waals surface area (Å²) in [6.45, 7) is 7.00. The summed E-state index contributed by atoms with van der Waals surface area (Å²) in [5.74, 6) is -0.276. The SMILES string of the molecule is CC(=O)C(Sc1ccc(C)cc1)(Sc1ccc(C)cc1)C(C)=O. The lowest BCUT2D eigenvalue weighted by Gasteiger charge is -2.27. The van der Waals surface area contributed by atoms with Crippen LogP contribution in [0.4, 0.5) is 0 Å². The molecule has 120 valence electrons. The zero-order valence-corrected chi connectivity index (χ0v) is 15.4. The molecule has 2 aromatic rings. The predicted molar refractivity (Wildman–Crippen MR) is 98.2 cm³/mol. The van der Waals surface area contributed by atoms with Gasteiger partial charge in [0.05, 0.1) is 0 Å². The van der Waals surface area contributed by atoms with E-state index in [0.29, 0.717) is 0 Å². The van der Waals surface area contributed by atoms with Crippen molar-refractivity contribution in [1.29, 1.82) is 0 Å². The molecule has 0 unspecified atom stereocenters. The molecule has 0 heterocycles. The Bertz CT molecular complexity index is 640. The van der Waals surface area contributed by atoms with E-state index < -0.39 is 4.08 Å². The third-order valence-electron chi connectivity index (χ3n) is 3.49. The molecule has 2 nitrogen and oxygen atoms in total. The Morgan fingerprint density at radius 1 is 0.696 bits per heavy atom. The number of thioether (sulfide) groups is 2. The predicted octanol–water partition coefficient (Wildman–Crippen LogP) is 5.06. The number of hydrogen-bond donors (Lipinski definition) is 0. The maximum absolute atomic E-state index is 12.4. The maximum atomic E-state index is 12.4. The highest BCUT2D eigenvalue weighted by Gasteiger charge is 2.43. The van der Waals surface area contributed by atoms with Gasteiger partial charge in [0.15, 0.2) is 15.6 Å². The van der Waals surface area contributed by atoms with Crippen LogP contribution in [0.3, 0.4) is 0 Å². The number of Topliss-reactive ketones (excluding diaryl/α,β-unsaturated/α-hetero) is 2. The van der Waals surface area contributed by atoms with E-state index >= 15 is 0 Å². The highest BCUT2D eigenvalue weighted by atomic mass is 32.2. The van der Waals surface area contributed by atoms with E-state index in [2.05, 4.69) is 0 Å². The second-order valence-electron chi connectivity index (χ2n) is 5.56. The van der Waals surface area contributed by atoms with Crippen LogP contribution >= 0.6 is 23.5 Å². The standard InChI is InChI=1S/C19H20O2S2/c1-13-5-9-17(10-6-13)22-19(15(3)20,16(4)21)23-18-11-7-14(2)8-12-18/h5-12H,1-4H3. The van der Waals surface area contributed by atoms with Gasteiger partial charge < -0.3 is 0 Å². The summed E-state index contributed by atoms with van der Waals surface area (Å²) in [7, 11) is 0. The number of carbonyl (C=O) groups is 2. The topological polar surface area (TPSA) is 34.1 Å². The largest absolute Gasteiger partial charge is 0.297 e. The molecule has 0 radical (unpaired) electrons. The molecule has 4 heteroatoms. The number of carbonyl (C=O) groups excluding carboxylic acids is 2. The Kier molecular flexibility index (Phi) is 5.71. The molecule has 0 atom stereocenters. The third-order valence-corrected chi connectivity index (χ3v) is 6.73. The first-order chi connectivity index (χ1) is 10.8. The van der Waals surface area contributed by atoms with Crippen LogP contribution in [0.5, 0.6) is 0 Å². The van der Waals surface area contributed by atoms with Gasteiger partial charge in [-0.25, -0.2) is 0 Å². The molecule has 0 fully saturated rings. The van der Waals surface area contributed by atoms with Gasteiger partial charge in [-0.1, -0.05) is 58.9 Å². The van der Waals surface area contributed by atoms with Crippen molar-refractivity contribution in [3.8, 4) is 0 Å². The molecule has 0 N–H and O–H groups in total. The Hall–Kier alpha value is -1.52. The molecular weight excluding hydrogens is 324 g/mol. The van der Waals surface area contributed by atoms with Crippen LogP contribution in [-0.4, -0.2) is 15.6 Å². The summed E-state index contributed by atoms with van der Waals surface area (Å²) >= 11 is 2.65. The summed E-state index contributed by atoms with van der Waals surface area (Å²) in [6.07, 6.45) is 0. The van der Waals surface area contributed by atoms with Crippen LogP contribution in [0.2, 0.25) is 0 Å². The number of rotatable bonds is 6. The van der Waals surface area contributed by atoms with Gasteiger partial charge in [0.25, 0.3) is 0 Å². The molecule has 23 heavy (non-hydrogen) atoms. The van der Waals surface area contributed by atoms with Gasteiger partial charge in [-0.2, -0.15) is 0 Å². The number of ketones is 2. The first-order valence-corrected chi connectivity index (χ1v) is 9.00. The third kappa shape index (κ3) is 4.27. The quantitative estimate of drug-likeness (QED) is 0.417. The highest BCUT2D eigenvalue weighted by Crippen LogP contribution is 2.47. The minimum Gasteiger partial charge on any atom is -0.297 e. The molecular formula is C19H20O2S2. The van der Waals surface area contributed by atoms with E-state index in [4.69, 9.17) is 0 Å². The van der Waals surface area contributed by atoms with Gasteiger partial charge in [0, 0.05) is 9.79 Å². The minimum atomic E-state index is -1.15. The lowest BCUT2D eigenvalue weighted by atomic mass is 10.2. The Balaban J connectivity index is 2.38. The zero-order valence-electron chi connectivity index (χ0n) is 13.8. The van der Waals surface area contributed by atoms with Crippen molar-refractivity contribution in [3.63, 3.8) is 0 Å². The molecule has 0 aliphatic carbocycles. The summed E-state index contributed by atoms with van der Waals surface area (Å²) < 4.78 is -1.15. The summed E-state index contributed by atoms with van der Waals surface area (Å²) in [5.41, 5.74) is 2.30. The second-order valence-corrected chi connectivity index (χ2v) is 8.39. The molecule has 0 aliphatic rings. The van der Waals surface area contributed by atoms with Gasteiger partial charge in [0.2, 0.25) is 0 Å². The zero-order chi connectivity index (χ0) is 17.0. The van der Waals surface area contributed by atoms with Crippen LogP contribution in [-0.2, 0) is 9.59 Å². The van der Waals surface area contributed by atoms with Gasteiger partial charge in [-0.3, -0.25) is 9.59 Å². The smallest absolute Gasteiger partial charge is 0.186 e. The molecule has 0 saturated heterocycles. The molecule has 2 rings (SSSR count). The average Bonchev–Trinajstić information content (AvgIpc) is 2.50. The lowest BCUT2D eigenvalue weighted by Crippen LogP contribution is -2.37. The Labute approximate surface area is 146 Å². The van der Waals surface area contributed by atoms with Crippen molar-refractivity contribution in [1.82, 2.24) is 0 Å². The minimum absolute atomic E-state index is 0.138. The molecule has 2 aromatic carbocycles. The summed E-state index contributed by atoms with van der Waals surface area (Å²) in [6, 6.07) is 15.8. The van der Waals surface area contributed by atoms with Crippen LogP contribution in [0.1, 0.15) is 25.0 Å². The van der Waals surface area contributed by atoms with Gasteiger partial charge in [0.1, 0.15) is 0 Å². The van der Waals surface area contributed by atoms with E-state index in [0.717, 1.165) is 20.9 Å². The van der Waals surface area contributed by atoms with E-state index in [1.807, 2.05) is 62.4 Å². The fourth-order valence-electron chi connectivity index (χ4n) is 2.10. The van der Waals surface area contributed by atoms with Crippen LogP contribution in [0.25, 0.3) is 0 Å². The lowest BCUT2D eigenvalue weighted by molar-refractivity contribution is -0.125. The van der Waals surface area contributed by atoms with E-state index in [-0.39, 0.29) is 11.6 Å². The van der Waals surface area contributed by atoms with Gasteiger partial charge >= 0.3 is 0 Å². The first-order valence-electron chi connectivity index (χ1n) is 7.37. The number of aryl methyl sites for hydroxylation is 2. The second kappa shape index (κ2) is 7.37. The Morgan fingerprint density at radius 3 is 1.26 bits per heavy atom. The van der Waals surface area contributed by atoms with Crippen molar-refractivity contribution in [3.05, 3.63) is 59.7 Å². The summed E-state index contributed by atoms with van der Waals surface area (Å²) in [4.78, 5) is 26.6. The van der Waals surface area contributed by atoms with Crippen molar-refractivity contribution in [2.24, 2.45) is 0 Å². The number of hydrogen-bond acceptors (Lipinski definition) is 4. The molecule has 0 saturated carbocycles. The first kappa shape index (κ1) is 17.8. The van der Waals surface area contributed by atoms with Gasteiger partial charge in [-0.05, 0) is 52.0 Å². The van der Waals surface area contributed by atoms with Crippen LogP contribution < -0.4 is 0 Å². The van der Waals surface area contributed by atoms with Crippen molar-refractivity contribution in [2.45, 2.75) is 41.6 Å². The maximum Gasteiger partial charge on any atom is 0.186 e. The van der Waals surface area contributed by atoms with Crippen LogP contribution in [0.15, 0.2) is 58.3 Å². The summed E-state index contributed by atoms with van der Waals surface area (Å²) in [5, 5.41) is 0. The van der Waals surface area contributed by atoms with Crippen molar-refractivity contribution in [2.75, 3.05) is 0 Å². The highest BCUT2D eigenvalue weighted by molar-refractivity contribution is 8.20. The normalized spacial score (nSPS) is 11.3. The molecule has 0 aliphatic heterocycles. The van der Waals surface area contributed by atoms with E-state index in [1.165, 1.54) is 37.4 Å². The van der Waals surface area contributed by atoms with Gasteiger partial charge in [-0.15, -0.1) is 0 Å². The molecule has 0 spiro atoms. The number of benzene rings is 2. The molecule has 0 amide bonds. The average molecular weight is 345 g/mol. The van der Waals surface area contributed by atoms with Crippen LogP contribution in [0, 0.1) is 13.8 Å².